The van der Waals surface area contributed by atoms with Gasteiger partial charge in [-0.15, -0.1) is 0 Å². The summed E-state index contributed by atoms with van der Waals surface area (Å²) in [6, 6.07) is 8.21. The van der Waals surface area contributed by atoms with Gasteiger partial charge in [0, 0.05) is 25.2 Å². The van der Waals surface area contributed by atoms with Gasteiger partial charge in [-0.1, -0.05) is 18.6 Å². The van der Waals surface area contributed by atoms with Crippen molar-refractivity contribution < 1.29 is 19.7 Å². The van der Waals surface area contributed by atoms with E-state index >= 15 is 0 Å². The molecule has 1 aromatic carbocycles. The number of nitrogens with zero attached hydrogens (tertiary/aromatic N) is 1. The van der Waals surface area contributed by atoms with E-state index in [2.05, 4.69) is 16.9 Å². The molecule has 0 aliphatic rings. The molecule has 0 atom stereocenters. The number of methoxy groups -OCH3 is 1. The van der Waals surface area contributed by atoms with Gasteiger partial charge >= 0.3 is 5.97 Å². The molecule has 22 heavy (non-hydrogen) atoms. The second kappa shape index (κ2) is 11.0. The molecule has 0 unspecified atom stereocenters. The van der Waals surface area contributed by atoms with Crippen molar-refractivity contribution in [3.05, 3.63) is 29.8 Å². The molecule has 124 valence electrons. The number of hydrogen-bond acceptors (Lipinski definition) is 5. The third kappa shape index (κ3) is 6.91. The number of aryl methyl sites for hydroxylation is 1. The van der Waals surface area contributed by atoms with Crippen molar-refractivity contribution >= 4 is 11.7 Å². The molecule has 2 N–H and O–H groups in total. The Morgan fingerprint density at radius 3 is 2.23 bits per heavy atom. The first-order valence-electron chi connectivity index (χ1n) is 7.83. The highest BCUT2D eigenvalue weighted by atomic mass is 16.5. The average Bonchev–Trinajstić information content (AvgIpc) is 2.54. The van der Waals surface area contributed by atoms with Crippen LogP contribution < -0.4 is 4.90 Å². The largest absolute Gasteiger partial charge is 0.469 e. The van der Waals surface area contributed by atoms with Crippen LogP contribution in [0.4, 0.5) is 5.69 Å². The van der Waals surface area contributed by atoms with Gasteiger partial charge in [0.1, 0.15) is 0 Å². The fraction of sp³-hybridized carbons (Fsp3) is 0.588. The standard InChI is InChI=1S/C17H27NO4/c1-22-17(21)6-4-2-3-5-15-7-9-16(10-8-15)18(11-13-19)12-14-20/h7-10,19-20H,2-6,11-14H2,1H3. The first-order valence-corrected chi connectivity index (χ1v) is 7.83. The molecule has 0 radical (unpaired) electrons. The predicted octanol–water partition coefficient (Wildman–Crippen LogP) is 1.75. The fourth-order valence-corrected chi connectivity index (χ4v) is 2.36. The molecule has 0 amide bonds. The van der Waals surface area contributed by atoms with E-state index in [9.17, 15) is 4.79 Å². The topological polar surface area (TPSA) is 70.0 Å². The molecule has 0 fully saturated rings. The molecule has 0 spiro atoms. The molecular weight excluding hydrogens is 282 g/mol. The van der Waals surface area contributed by atoms with Crippen molar-refractivity contribution in [1.29, 1.82) is 0 Å². The van der Waals surface area contributed by atoms with Gasteiger partial charge in [0.05, 0.1) is 20.3 Å². The number of hydrogen-bond donors (Lipinski definition) is 2. The quantitative estimate of drug-likeness (QED) is 0.481. The van der Waals surface area contributed by atoms with Gasteiger partial charge in [-0.3, -0.25) is 4.79 Å². The van der Waals surface area contributed by atoms with Crippen LogP contribution in [0, 0.1) is 0 Å². The molecule has 0 aromatic heterocycles. The van der Waals surface area contributed by atoms with Crippen LogP contribution >= 0.6 is 0 Å². The number of anilines is 1. The van der Waals surface area contributed by atoms with Crippen molar-refractivity contribution in [3.8, 4) is 0 Å². The summed E-state index contributed by atoms with van der Waals surface area (Å²) in [6.07, 6.45) is 4.41. The highest BCUT2D eigenvalue weighted by Crippen LogP contribution is 2.16. The van der Waals surface area contributed by atoms with Gasteiger partial charge < -0.3 is 19.8 Å². The number of carbonyl (C=O) groups excluding carboxylic acids is 1. The molecule has 5 heteroatoms. The Hall–Kier alpha value is -1.59. The highest BCUT2D eigenvalue weighted by molar-refractivity contribution is 5.68. The number of benzene rings is 1. The molecular formula is C17H27NO4. The molecule has 0 heterocycles. The predicted molar refractivity (Wildman–Crippen MR) is 87.0 cm³/mol. The second-order valence-electron chi connectivity index (χ2n) is 5.24. The van der Waals surface area contributed by atoms with Crippen LogP contribution in [-0.2, 0) is 16.0 Å². The van der Waals surface area contributed by atoms with Crippen molar-refractivity contribution in [2.24, 2.45) is 0 Å². The van der Waals surface area contributed by atoms with Crippen LogP contribution in [0.5, 0.6) is 0 Å². The molecule has 1 aromatic rings. The highest BCUT2D eigenvalue weighted by Gasteiger charge is 2.05. The second-order valence-corrected chi connectivity index (χ2v) is 5.24. The lowest BCUT2D eigenvalue weighted by Gasteiger charge is -2.23. The number of rotatable bonds is 11. The lowest BCUT2D eigenvalue weighted by Crippen LogP contribution is -2.29. The Kier molecular flexibility index (Phi) is 9.26. The van der Waals surface area contributed by atoms with Crippen LogP contribution in [0.2, 0.25) is 0 Å². The molecule has 5 nitrogen and oxygen atoms in total. The first-order chi connectivity index (χ1) is 10.7. The van der Waals surface area contributed by atoms with Gasteiger partial charge in [0.2, 0.25) is 0 Å². The van der Waals surface area contributed by atoms with Crippen molar-refractivity contribution in [2.45, 2.75) is 32.1 Å². The lowest BCUT2D eigenvalue weighted by atomic mass is 10.1. The van der Waals surface area contributed by atoms with E-state index in [1.165, 1.54) is 12.7 Å². The van der Waals surface area contributed by atoms with Crippen LogP contribution in [0.1, 0.15) is 31.2 Å². The number of ether oxygens (including phenoxy) is 1. The van der Waals surface area contributed by atoms with Crippen LogP contribution in [0.15, 0.2) is 24.3 Å². The minimum absolute atomic E-state index is 0.0714. The Morgan fingerprint density at radius 2 is 1.68 bits per heavy atom. The van der Waals surface area contributed by atoms with Crippen molar-refractivity contribution in [2.75, 3.05) is 38.3 Å². The van der Waals surface area contributed by atoms with Gasteiger partial charge in [0.15, 0.2) is 0 Å². The van der Waals surface area contributed by atoms with Gasteiger partial charge in [0.25, 0.3) is 0 Å². The minimum Gasteiger partial charge on any atom is -0.469 e. The maximum atomic E-state index is 11.0. The van der Waals surface area contributed by atoms with E-state index in [-0.39, 0.29) is 19.2 Å². The summed E-state index contributed by atoms with van der Waals surface area (Å²) in [6.45, 7) is 1.19. The van der Waals surface area contributed by atoms with Gasteiger partial charge in [-0.05, 0) is 37.0 Å². The van der Waals surface area contributed by atoms with Crippen LogP contribution in [0.3, 0.4) is 0 Å². The number of aliphatic hydroxyl groups is 2. The summed E-state index contributed by atoms with van der Waals surface area (Å²) in [4.78, 5) is 12.9. The number of esters is 1. The Bertz CT molecular complexity index is 413. The minimum atomic E-state index is -0.141. The molecule has 0 saturated heterocycles. The number of carbonyl (C=O) groups is 1. The van der Waals surface area contributed by atoms with Crippen molar-refractivity contribution in [1.82, 2.24) is 0 Å². The normalized spacial score (nSPS) is 10.5. The average molecular weight is 309 g/mol. The summed E-state index contributed by atoms with van der Waals surface area (Å²) in [5.74, 6) is -0.141. The fourth-order valence-electron chi connectivity index (χ4n) is 2.36. The molecule has 1 rings (SSSR count). The summed E-state index contributed by atoms with van der Waals surface area (Å²) in [7, 11) is 1.42. The maximum Gasteiger partial charge on any atom is 0.305 e. The Balaban J connectivity index is 2.36. The van der Waals surface area contributed by atoms with Gasteiger partial charge in [-0.25, -0.2) is 0 Å². The molecule has 0 saturated carbocycles. The zero-order valence-electron chi connectivity index (χ0n) is 13.3. The third-order valence-electron chi connectivity index (χ3n) is 3.62. The summed E-state index contributed by atoms with van der Waals surface area (Å²) < 4.78 is 4.61. The van der Waals surface area contributed by atoms with E-state index in [1.54, 1.807) is 0 Å². The lowest BCUT2D eigenvalue weighted by molar-refractivity contribution is -0.140. The maximum absolute atomic E-state index is 11.0. The van der Waals surface area contributed by atoms with E-state index < -0.39 is 0 Å². The Labute approximate surface area is 132 Å². The smallest absolute Gasteiger partial charge is 0.305 e. The summed E-state index contributed by atoms with van der Waals surface area (Å²) >= 11 is 0. The summed E-state index contributed by atoms with van der Waals surface area (Å²) in [5, 5.41) is 18.1. The monoisotopic (exact) mass is 309 g/mol. The zero-order chi connectivity index (χ0) is 16.2. The zero-order valence-corrected chi connectivity index (χ0v) is 13.3. The van der Waals surface area contributed by atoms with E-state index in [0.29, 0.717) is 19.5 Å². The van der Waals surface area contributed by atoms with Crippen LogP contribution in [0.25, 0.3) is 0 Å². The first kappa shape index (κ1) is 18.5. The molecule has 0 aliphatic carbocycles. The van der Waals surface area contributed by atoms with Gasteiger partial charge in [-0.2, -0.15) is 0 Å². The van der Waals surface area contributed by atoms with E-state index in [0.717, 1.165) is 31.4 Å². The Morgan fingerprint density at radius 1 is 1.05 bits per heavy atom. The molecule has 0 aliphatic heterocycles. The SMILES string of the molecule is COC(=O)CCCCCc1ccc(N(CCO)CCO)cc1. The van der Waals surface area contributed by atoms with Crippen LogP contribution in [-0.4, -0.2) is 49.6 Å². The van der Waals surface area contributed by atoms with E-state index in [4.69, 9.17) is 10.2 Å². The third-order valence-corrected chi connectivity index (χ3v) is 3.62. The van der Waals surface area contributed by atoms with Crippen molar-refractivity contribution in [3.63, 3.8) is 0 Å². The molecule has 0 bridgehead atoms. The summed E-state index contributed by atoms with van der Waals surface area (Å²) in [5.41, 5.74) is 2.27. The number of unbranched alkanes of at least 4 members (excludes halogenated alkanes) is 2. The van der Waals surface area contributed by atoms with E-state index in [1.807, 2.05) is 17.0 Å². The number of aliphatic hydroxyl groups excluding tert-OH is 2.